The van der Waals surface area contributed by atoms with Gasteiger partial charge in [0, 0.05) is 19.3 Å². The molecule has 0 aromatic carbocycles. The van der Waals surface area contributed by atoms with E-state index in [1.807, 2.05) is 23.6 Å². The molecule has 118 valence electrons. The molecule has 21 heavy (non-hydrogen) atoms. The molecular weight excluding hydrogens is 264 g/mol. The lowest BCUT2D eigenvalue weighted by molar-refractivity contribution is -0.135. The summed E-state index contributed by atoms with van der Waals surface area (Å²) in [5, 5.41) is 4.45. The standard InChI is InChI=1S/C16H28N4O/c1-13-12-14(2)20(17-13)11-10-19(4)16(21)15-8-6-5-7-9-18(15)3/h12,15H,5-11H2,1-4H3/t15-/m1/s1. The molecule has 2 heterocycles. The maximum atomic E-state index is 12.6. The molecule has 0 radical (unpaired) electrons. The van der Waals surface area contributed by atoms with Crippen molar-refractivity contribution in [3.05, 3.63) is 17.5 Å². The summed E-state index contributed by atoms with van der Waals surface area (Å²) in [7, 11) is 3.98. The molecule has 5 heteroatoms. The van der Waals surface area contributed by atoms with Gasteiger partial charge in [-0.1, -0.05) is 12.8 Å². The first-order valence-corrected chi connectivity index (χ1v) is 7.95. The Labute approximate surface area is 127 Å². The number of carbonyl (C=O) groups is 1. The Morgan fingerprint density at radius 3 is 2.81 bits per heavy atom. The normalized spacial score (nSPS) is 20.3. The van der Waals surface area contributed by atoms with Gasteiger partial charge in [-0.05, 0) is 46.3 Å². The van der Waals surface area contributed by atoms with Crippen molar-refractivity contribution in [2.24, 2.45) is 0 Å². The summed E-state index contributed by atoms with van der Waals surface area (Å²) in [5.41, 5.74) is 2.19. The number of hydrogen-bond donors (Lipinski definition) is 0. The Balaban J connectivity index is 1.91. The molecule has 0 aliphatic carbocycles. The predicted octanol–water partition coefficient (Wildman–Crippen LogP) is 1.83. The molecule has 0 bridgehead atoms. The van der Waals surface area contributed by atoms with Crippen LogP contribution in [0, 0.1) is 13.8 Å². The Bertz CT molecular complexity index is 483. The maximum Gasteiger partial charge on any atom is 0.239 e. The van der Waals surface area contributed by atoms with E-state index in [2.05, 4.69) is 30.0 Å². The minimum absolute atomic E-state index is 0.0537. The summed E-state index contributed by atoms with van der Waals surface area (Å²) < 4.78 is 1.98. The Morgan fingerprint density at radius 1 is 1.38 bits per heavy atom. The first kappa shape index (κ1) is 16.0. The maximum absolute atomic E-state index is 12.6. The molecule has 1 amide bonds. The van der Waals surface area contributed by atoms with Crippen LogP contribution in [0.5, 0.6) is 0 Å². The number of amides is 1. The second kappa shape index (κ2) is 7.07. The first-order chi connectivity index (χ1) is 9.99. The number of carbonyl (C=O) groups excluding carboxylic acids is 1. The van der Waals surface area contributed by atoms with Gasteiger partial charge in [-0.2, -0.15) is 5.10 Å². The quantitative estimate of drug-likeness (QED) is 0.850. The monoisotopic (exact) mass is 292 g/mol. The molecule has 0 saturated carbocycles. The number of likely N-dealkylation sites (tertiary alicyclic amines) is 1. The smallest absolute Gasteiger partial charge is 0.239 e. The Hall–Kier alpha value is -1.36. The minimum Gasteiger partial charge on any atom is -0.343 e. The van der Waals surface area contributed by atoms with Crippen molar-refractivity contribution in [3.63, 3.8) is 0 Å². The van der Waals surface area contributed by atoms with Crippen molar-refractivity contribution in [1.82, 2.24) is 19.6 Å². The summed E-state index contributed by atoms with van der Waals surface area (Å²) >= 11 is 0. The lowest BCUT2D eigenvalue weighted by Crippen LogP contribution is -2.46. The van der Waals surface area contributed by atoms with Crippen molar-refractivity contribution in [2.75, 3.05) is 27.2 Å². The van der Waals surface area contributed by atoms with Gasteiger partial charge in [0.05, 0.1) is 18.3 Å². The number of likely N-dealkylation sites (N-methyl/N-ethyl adjacent to an activating group) is 2. The van der Waals surface area contributed by atoms with Crippen molar-refractivity contribution in [3.8, 4) is 0 Å². The summed E-state index contributed by atoms with van der Waals surface area (Å²) in [5.74, 6) is 0.251. The Morgan fingerprint density at radius 2 is 2.14 bits per heavy atom. The van der Waals surface area contributed by atoms with Crippen LogP contribution in [0.15, 0.2) is 6.07 Å². The zero-order valence-electron chi connectivity index (χ0n) is 13.8. The van der Waals surface area contributed by atoms with Gasteiger partial charge in [0.2, 0.25) is 5.91 Å². The lowest BCUT2D eigenvalue weighted by Gasteiger charge is -2.29. The highest BCUT2D eigenvalue weighted by atomic mass is 16.2. The second-order valence-electron chi connectivity index (χ2n) is 6.26. The fourth-order valence-electron chi connectivity index (χ4n) is 3.07. The van der Waals surface area contributed by atoms with Crippen LogP contribution in [-0.4, -0.2) is 58.7 Å². The van der Waals surface area contributed by atoms with E-state index in [4.69, 9.17) is 0 Å². The number of hydrogen-bond acceptors (Lipinski definition) is 3. The highest BCUT2D eigenvalue weighted by Crippen LogP contribution is 2.16. The van der Waals surface area contributed by atoms with Gasteiger partial charge in [0.1, 0.15) is 0 Å². The van der Waals surface area contributed by atoms with Crippen LogP contribution >= 0.6 is 0 Å². The molecule has 1 aromatic rings. The van der Waals surface area contributed by atoms with E-state index in [1.54, 1.807) is 0 Å². The average Bonchev–Trinajstić information content (AvgIpc) is 2.63. The third-order valence-corrected chi connectivity index (χ3v) is 4.43. The van der Waals surface area contributed by atoms with Crippen LogP contribution in [0.1, 0.15) is 37.1 Å². The molecule has 1 atom stereocenters. The number of aryl methyl sites for hydroxylation is 2. The largest absolute Gasteiger partial charge is 0.343 e. The first-order valence-electron chi connectivity index (χ1n) is 7.95. The van der Waals surface area contributed by atoms with Gasteiger partial charge in [0.25, 0.3) is 0 Å². The number of aromatic nitrogens is 2. The van der Waals surface area contributed by atoms with Crippen molar-refractivity contribution < 1.29 is 4.79 Å². The van der Waals surface area contributed by atoms with E-state index in [0.717, 1.165) is 37.3 Å². The zero-order valence-corrected chi connectivity index (χ0v) is 13.8. The number of rotatable bonds is 4. The van der Waals surface area contributed by atoms with Crippen molar-refractivity contribution >= 4 is 5.91 Å². The van der Waals surface area contributed by atoms with E-state index in [-0.39, 0.29) is 11.9 Å². The molecule has 5 nitrogen and oxygen atoms in total. The van der Waals surface area contributed by atoms with Crippen LogP contribution < -0.4 is 0 Å². The zero-order chi connectivity index (χ0) is 15.4. The minimum atomic E-state index is 0.0537. The predicted molar refractivity (Wildman–Crippen MR) is 84.2 cm³/mol. The average molecular weight is 292 g/mol. The van der Waals surface area contributed by atoms with Gasteiger partial charge in [0.15, 0.2) is 0 Å². The van der Waals surface area contributed by atoms with Crippen molar-refractivity contribution in [2.45, 2.75) is 52.1 Å². The SMILES string of the molecule is Cc1cc(C)n(CCN(C)C(=O)[C@H]2CCCCCN2C)n1. The summed E-state index contributed by atoms with van der Waals surface area (Å²) in [6, 6.07) is 2.12. The van der Waals surface area contributed by atoms with Crippen LogP contribution in [0.3, 0.4) is 0 Å². The summed E-state index contributed by atoms with van der Waals surface area (Å²) in [4.78, 5) is 16.7. The van der Waals surface area contributed by atoms with Gasteiger partial charge in [-0.25, -0.2) is 0 Å². The summed E-state index contributed by atoms with van der Waals surface area (Å²) in [6.45, 7) is 6.56. The molecule has 0 spiro atoms. The van der Waals surface area contributed by atoms with Gasteiger partial charge in [-0.15, -0.1) is 0 Å². The van der Waals surface area contributed by atoms with E-state index >= 15 is 0 Å². The molecule has 1 aliphatic heterocycles. The lowest BCUT2D eigenvalue weighted by atomic mass is 10.1. The van der Waals surface area contributed by atoms with Crippen molar-refractivity contribution in [1.29, 1.82) is 0 Å². The third-order valence-electron chi connectivity index (χ3n) is 4.43. The molecule has 0 N–H and O–H groups in total. The van der Waals surface area contributed by atoms with E-state index in [9.17, 15) is 4.79 Å². The molecule has 2 rings (SSSR count). The van der Waals surface area contributed by atoms with Crippen LogP contribution in [0.25, 0.3) is 0 Å². The van der Waals surface area contributed by atoms with Gasteiger partial charge < -0.3 is 4.90 Å². The fourth-order valence-corrected chi connectivity index (χ4v) is 3.07. The molecule has 1 fully saturated rings. The van der Waals surface area contributed by atoms with E-state index < -0.39 is 0 Å². The summed E-state index contributed by atoms with van der Waals surface area (Å²) in [6.07, 6.45) is 4.59. The topological polar surface area (TPSA) is 41.4 Å². The highest BCUT2D eigenvalue weighted by molar-refractivity contribution is 5.81. The third kappa shape index (κ3) is 4.06. The van der Waals surface area contributed by atoms with Crippen LogP contribution in [-0.2, 0) is 11.3 Å². The molecule has 1 aliphatic rings. The number of nitrogens with zero attached hydrogens (tertiary/aromatic N) is 4. The van der Waals surface area contributed by atoms with E-state index in [0.29, 0.717) is 6.54 Å². The molecule has 1 aromatic heterocycles. The van der Waals surface area contributed by atoms with E-state index in [1.165, 1.54) is 12.8 Å². The highest BCUT2D eigenvalue weighted by Gasteiger charge is 2.27. The molecule has 1 saturated heterocycles. The fraction of sp³-hybridized carbons (Fsp3) is 0.750. The second-order valence-corrected chi connectivity index (χ2v) is 6.26. The molecule has 0 unspecified atom stereocenters. The van der Waals surface area contributed by atoms with Gasteiger partial charge >= 0.3 is 0 Å². The molecular formula is C16H28N4O. The van der Waals surface area contributed by atoms with Gasteiger partial charge in [-0.3, -0.25) is 14.4 Å². The van der Waals surface area contributed by atoms with Crippen LogP contribution in [0.4, 0.5) is 0 Å². The Kier molecular flexibility index (Phi) is 5.39. The van der Waals surface area contributed by atoms with Crippen LogP contribution in [0.2, 0.25) is 0 Å².